The molecule has 0 aliphatic heterocycles. The lowest BCUT2D eigenvalue weighted by Crippen LogP contribution is -2.30. The maximum Gasteiger partial charge on any atom is 0.0359 e. The quantitative estimate of drug-likeness (QED) is 0.824. The maximum absolute atomic E-state index is 4.19. The van der Waals surface area contributed by atoms with Crippen LogP contribution in [0.25, 0.3) is 0 Å². The Hall–Kier alpha value is -0.540. The van der Waals surface area contributed by atoms with Crippen LogP contribution in [0.3, 0.4) is 0 Å². The topological polar surface area (TPSA) is 24.9 Å². The number of pyridine rings is 1. The van der Waals surface area contributed by atoms with Gasteiger partial charge in [0, 0.05) is 30.2 Å². The highest BCUT2D eigenvalue weighted by atomic mass is 32.2. The zero-order valence-electron chi connectivity index (χ0n) is 10.6. The zero-order chi connectivity index (χ0) is 12.0. The number of rotatable bonds is 6. The van der Waals surface area contributed by atoms with Crippen LogP contribution < -0.4 is 5.32 Å². The number of nitrogens with zero attached hydrogens (tertiary/aromatic N) is 1. The Labute approximate surface area is 103 Å². The second-order valence-electron chi connectivity index (χ2n) is 4.46. The van der Waals surface area contributed by atoms with Gasteiger partial charge in [0.2, 0.25) is 0 Å². The van der Waals surface area contributed by atoms with Gasteiger partial charge in [0.05, 0.1) is 0 Å². The molecule has 0 radical (unpaired) electrons. The summed E-state index contributed by atoms with van der Waals surface area (Å²) in [5, 5.41) is 4.28. The third kappa shape index (κ3) is 4.14. The van der Waals surface area contributed by atoms with Crippen LogP contribution in [-0.2, 0) is 0 Å². The average molecular weight is 238 g/mol. The summed E-state index contributed by atoms with van der Waals surface area (Å²) < 4.78 is 0. The first-order chi connectivity index (χ1) is 7.65. The lowest BCUT2D eigenvalue weighted by Gasteiger charge is -2.24. The first-order valence-electron chi connectivity index (χ1n) is 5.81. The Balaban J connectivity index is 2.62. The molecule has 0 aliphatic carbocycles. The molecule has 0 bridgehead atoms. The highest BCUT2D eigenvalue weighted by molar-refractivity contribution is 7.99. The first kappa shape index (κ1) is 13.5. The molecule has 2 atom stereocenters. The highest BCUT2D eigenvalue weighted by Crippen LogP contribution is 2.21. The minimum Gasteiger partial charge on any atom is -0.309 e. The van der Waals surface area contributed by atoms with Crippen molar-refractivity contribution in [1.29, 1.82) is 0 Å². The molecular weight excluding hydrogens is 216 g/mol. The van der Waals surface area contributed by atoms with Crippen LogP contribution in [0.15, 0.2) is 24.5 Å². The van der Waals surface area contributed by atoms with E-state index in [1.54, 1.807) is 0 Å². The summed E-state index contributed by atoms with van der Waals surface area (Å²) >= 11 is 1.90. The molecule has 0 spiro atoms. The summed E-state index contributed by atoms with van der Waals surface area (Å²) in [6, 6.07) is 4.56. The molecule has 2 nitrogen and oxygen atoms in total. The zero-order valence-corrected chi connectivity index (χ0v) is 11.4. The fourth-order valence-corrected chi connectivity index (χ4v) is 1.94. The van der Waals surface area contributed by atoms with Crippen LogP contribution in [0.1, 0.15) is 32.4 Å². The van der Waals surface area contributed by atoms with E-state index in [-0.39, 0.29) is 0 Å². The van der Waals surface area contributed by atoms with Crippen LogP contribution in [0, 0.1) is 5.92 Å². The molecule has 0 saturated heterocycles. The number of nitrogens with one attached hydrogen (secondary N) is 1. The van der Waals surface area contributed by atoms with Crippen LogP contribution in [-0.4, -0.2) is 23.0 Å². The lowest BCUT2D eigenvalue weighted by atomic mass is 9.97. The highest BCUT2D eigenvalue weighted by Gasteiger charge is 2.15. The van der Waals surface area contributed by atoms with Gasteiger partial charge in [-0.1, -0.05) is 26.8 Å². The van der Waals surface area contributed by atoms with E-state index >= 15 is 0 Å². The van der Waals surface area contributed by atoms with E-state index in [2.05, 4.69) is 43.4 Å². The van der Waals surface area contributed by atoms with Crippen molar-refractivity contribution in [2.24, 2.45) is 5.92 Å². The molecule has 0 saturated carbocycles. The average Bonchev–Trinajstić information content (AvgIpc) is 2.30. The SMILES string of the molecule is CSC(C)CNC(c1cccnc1)C(C)C. The summed E-state index contributed by atoms with van der Waals surface area (Å²) in [5.74, 6) is 0.582. The molecule has 0 aliphatic rings. The molecule has 2 unspecified atom stereocenters. The van der Waals surface area contributed by atoms with E-state index in [1.165, 1.54) is 5.56 Å². The number of hydrogen-bond acceptors (Lipinski definition) is 3. The smallest absolute Gasteiger partial charge is 0.0359 e. The molecule has 0 fully saturated rings. The van der Waals surface area contributed by atoms with Gasteiger partial charge in [0.15, 0.2) is 0 Å². The third-order valence-electron chi connectivity index (χ3n) is 2.74. The van der Waals surface area contributed by atoms with Gasteiger partial charge in [-0.05, 0) is 23.8 Å². The molecular formula is C13H22N2S. The third-order valence-corrected chi connectivity index (χ3v) is 3.71. The predicted octanol–water partition coefficient (Wildman–Crippen LogP) is 3.12. The van der Waals surface area contributed by atoms with E-state index in [4.69, 9.17) is 0 Å². The Kier molecular flexibility index (Phi) is 5.85. The van der Waals surface area contributed by atoms with Crippen LogP contribution in [0.5, 0.6) is 0 Å². The minimum atomic E-state index is 0.406. The van der Waals surface area contributed by atoms with Gasteiger partial charge in [-0.15, -0.1) is 0 Å². The van der Waals surface area contributed by atoms with E-state index in [1.807, 2.05) is 30.2 Å². The van der Waals surface area contributed by atoms with Gasteiger partial charge in [-0.2, -0.15) is 11.8 Å². The van der Waals surface area contributed by atoms with Crippen LogP contribution in [0.2, 0.25) is 0 Å². The largest absolute Gasteiger partial charge is 0.309 e. The van der Waals surface area contributed by atoms with Crippen molar-refractivity contribution in [2.75, 3.05) is 12.8 Å². The monoisotopic (exact) mass is 238 g/mol. The number of hydrogen-bond donors (Lipinski definition) is 1. The molecule has 1 rings (SSSR count). The maximum atomic E-state index is 4.19. The predicted molar refractivity (Wildman–Crippen MR) is 72.8 cm³/mol. The second-order valence-corrected chi connectivity index (χ2v) is 5.74. The van der Waals surface area contributed by atoms with E-state index in [0.717, 1.165) is 6.54 Å². The van der Waals surface area contributed by atoms with Gasteiger partial charge in [0.25, 0.3) is 0 Å². The van der Waals surface area contributed by atoms with Crippen LogP contribution in [0.4, 0.5) is 0 Å². The van der Waals surface area contributed by atoms with E-state index < -0.39 is 0 Å². The number of thioether (sulfide) groups is 1. The van der Waals surface area contributed by atoms with Crippen molar-refractivity contribution in [1.82, 2.24) is 10.3 Å². The fourth-order valence-electron chi connectivity index (χ4n) is 1.67. The normalized spacial score (nSPS) is 15.1. The summed E-state index contributed by atoms with van der Waals surface area (Å²) in [7, 11) is 0. The summed E-state index contributed by atoms with van der Waals surface area (Å²) in [6.07, 6.45) is 5.94. The Morgan fingerprint density at radius 1 is 1.38 bits per heavy atom. The summed E-state index contributed by atoms with van der Waals surface area (Å²) in [5.41, 5.74) is 1.28. The van der Waals surface area contributed by atoms with Crippen molar-refractivity contribution >= 4 is 11.8 Å². The molecule has 0 aromatic carbocycles. The van der Waals surface area contributed by atoms with Gasteiger partial charge in [-0.3, -0.25) is 4.98 Å². The van der Waals surface area contributed by atoms with E-state index in [9.17, 15) is 0 Å². The second kappa shape index (κ2) is 6.92. The number of aromatic nitrogens is 1. The molecule has 1 heterocycles. The molecule has 1 N–H and O–H groups in total. The summed E-state index contributed by atoms with van der Waals surface area (Å²) in [4.78, 5) is 4.19. The molecule has 1 aromatic rings. The van der Waals surface area contributed by atoms with E-state index in [0.29, 0.717) is 17.2 Å². The molecule has 3 heteroatoms. The van der Waals surface area contributed by atoms with Crippen molar-refractivity contribution in [2.45, 2.75) is 32.1 Å². The van der Waals surface area contributed by atoms with Crippen molar-refractivity contribution in [3.8, 4) is 0 Å². The summed E-state index contributed by atoms with van der Waals surface area (Å²) in [6.45, 7) is 7.78. The Morgan fingerprint density at radius 2 is 2.12 bits per heavy atom. The van der Waals surface area contributed by atoms with Crippen molar-refractivity contribution < 1.29 is 0 Å². The van der Waals surface area contributed by atoms with Gasteiger partial charge in [-0.25, -0.2) is 0 Å². The van der Waals surface area contributed by atoms with Crippen molar-refractivity contribution in [3.05, 3.63) is 30.1 Å². The lowest BCUT2D eigenvalue weighted by molar-refractivity contribution is 0.414. The molecule has 0 amide bonds. The molecule has 16 heavy (non-hydrogen) atoms. The Morgan fingerprint density at radius 3 is 2.62 bits per heavy atom. The van der Waals surface area contributed by atoms with Crippen LogP contribution >= 0.6 is 11.8 Å². The minimum absolute atomic E-state index is 0.406. The van der Waals surface area contributed by atoms with Gasteiger partial charge in [0.1, 0.15) is 0 Å². The van der Waals surface area contributed by atoms with Gasteiger partial charge >= 0.3 is 0 Å². The van der Waals surface area contributed by atoms with Crippen molar-refractivity contribution in [3.63, 3.8) is 0 Å². The Bertz CT molecular complexity index is 287. The standard InChI is InChI=1S/C13H22N2S/c1-10(2)13(15-8-11(3)16-4)12-6-5-7-14-9-12/h5-7,9-11,13,15H,8H2,1-4H3. The first-order valence-corrected chi connectivity index (χ1v) is 7.10. The fraction of sp³-hybridized carbons (Fsp3) is 0.615. The van der Waals surface area contributed by atoms with Gasteiger partial charge < -0.3 is 5.32 Å². The molecule has 90 valence electrons. The molecule has 1 aromatic heterocycles.